The highest BCUT2D eigenvalue weighted by Gasteiger charge is 2.01. The number of benzene rings is 2. The van der Waals surface area contributed by atoms with Gasteiger partial charge in [-0.15, -0.1) is 0 Å². The summed E-state index contributed by atoms with van der Waals surface area (Å²) in [4.78, 5) is 10.9. The summed E-state index contributed by atoms with van der Waals surface area (Å²) in [6, 6.07) is 12.2. The Labute approximate surface area is 117 Å². The van der Waals surface area contributed by atoms with Gasteiger partial charge < -0.3 is 10.6 Å². The van der Waals surface area contributed by atoms with Crippen LogP contribution in [-0.2, 0) is 11.3 Å². The zero-order chi connectivity index (χ0) is 14.5. The molecular weight excluding hydrogens is 255 g/mol. The summed E-state index contributed by atoms with van der Waals surface area (Å²) in [7, 11) is 0. The molecule has 0 aliphatic heterocycles. The molecule has 20 heavy (non-hydrogen) atoms. The molecule has 0 heterocycles. The fraction of sp³-hybridized carbons (Fsp3) is 0.188. The van der Waals surface area contributed by atoms with E-state index in [1.165, 1.54) is 19.1 Å². The highest BCUT2D eigenvalue weighted by molar-refractivity contribution is 5.88. The van der Waals surface area contributed by atoms with E-state index in [1.54, 1.807) is 6.07 Å². The second-order valence-electron chi connectivity index (χ2n) is 4.69. The van der Waals surface area contributed by atoms with Gasteiger partial charge in [-0.3, -0.25) is 4.79 Å². The van der Waals surface area contributed by atoms with E-state index in [1.807, 2.05) is 31.2 Å². The first kappa shape index (κ1) is 14.1. The van der Waals surface area contributed by atoms with Gasteiger partial charge in [0.05, 0.1) is 0 Å². The van der Waals surface area contributed by atoms with E-state index in [4.69, 9.17) is 0 Å². The Bertz CT molecular complexity index is 608. The Hall–Kier alpha value is -2.36. The highest BCUT2D eigenvalue weighted by atomic mass is 19.1. The summed E-state index contributed by atoms with van der Waals surface area (Å²) < 4.78 is 13.2. The monoisotopic (exact) mass is 272 g/mol. The first-order valence-corrected chi connectivity index (χ1v) is 6.41. The van der Waals surface area contributed by atoms with E-state index in [0.717, 1.165) is 22.5 Å². The van der Waals surface area contributed by atoms with Gasteiger partial charge in [0.15, 0.2) is 0 Å². The molecular formula is C16H17FN2O. The molecule has 0 saturated carbocycles. The summed E-state index contributed by atoms with van der Waals surface area (Å²) in [6.45, 7) is 4.01. The Morgan fingerprint density at radius 1 is 1.15 bits per heavy atom. The number of amides is 1. The molecule has 0 aromatic heterocycles. The molecule has 0 radical (unpaired) electrons. The lowest BCUT2D eigenvalue weighted by Gasteiger charge is -2.10. The Kier molecular flexibility index (Phi) is 4.35. The third-order valence-electron chi connectivity index (χ3n) is 2.96. The SMILES string of the molecule is CC(=O)Nc1ccc(CNc2cc(F)ccc2C)cc1. The lowest BCUT2D eigenvalue weighted by Crippen LogP contribution is -2.06. The quantitative estimate of drug-likeness (QED) is 0.891. The molecule has 2 rings (SSSR count). The average Bonchev–Trinajstić information content (AvgIpc) is 2.41. The minimum Gasteiger partial charge on any atom is -0.381 e. The van der Waals surface area contributed by atoms with Crippen molar-refractivity contribution in [2.24, 2.45) is 0 Å². The molecule has 0 bridgehead atoms. The van der Waals surface area contributed by atoms with Gasteiger partial charge in [-0.1, -0.05) is 18.2 Å². The predicted molar refractivity (Wildman–Crippen MR) is 79.2 cm³/mol. The van der Waals surface area contributed by atoms with E-state index >= 15 is 0 Å². The van der Waals surface area contributed by atoms with Gasteiger partial charge in [-0.05, 0) is 42.3 Å². The lowest BCUT2D eigenvalue weighted by atomic mass is 10.1. The van der Waals surface area contributed by atoms with Gasteiger partial charge in [0.25, 0.3) is 0 Å². The maximum absolute atomic E-state index is 13.2. The number of anilines is 2. The summed E-state index contributed by atoms with van der Waals surface area (Å²) >= 11 is 0. The largest absolute Gasteiger partial charge is 0.381 e. The zero-order valence-electron chi connectivity index (χ0n) is 11.5. The Balaban J connectivity index is 2.00. The molecule has 104 valence electrons. The number of carbonyl (C=O) groups is 1. The maximum Gasteiger partial charge on any atom is 0.221 e. The van der Waals surface area contributed by atoms with Gasteiger partial charge in [-0.25, -0.2) is 4.39 Å². The van der Waals surface area contributed by atoms with Crippen molar-refractivity contribution in [2.75, 3.05) is 10.6 Å². The lowest BCUT2D eigenvalue weighted by molar-refractivity contribution is -0.114. The number of hydrogen-bond acceptors (Lipinski definition) is 2. The van der Waals surface area contributed by atoms with Crippen molar-refractivity contribution in [1.82, 2.24) is 0 Å². The van der Waals surface area contributed by atoms with Crippen molar-refractivity contribution in [3.05, 3.63) is 59.4 Å². The average molecular weight is 272 g/mol. The van der Waals surface area contributed by atoms with Crippen LogP contribution in [0.1, 0.15) is 18.1 Å². The van der Waals surface area contributed by atoms with Crippen LogP contribution in [0.5, 0.6) is 0 Å². The summed E-state index contributed by atoms with van der Waals surface area (Å²) in [5, 5.41) is 5.92. The molecule has 0 aliphatic carbocycles. The molecule has 0 saturated heterocycles. The highest BCUT2D eigenvalue weighted by Crippen LogP contribution is 2.17. The third-order valence-corrected chi connectivity index (χ3v) is 2.96. The van der Waals surface area contributed by atoms with Crippen LogP contribution in [0.25, 0.3) is 0 Å². The van der Waals surface area contributed by atoms with E-state index in [0.29, 0.717) is 6.54 Å². The molecule has 2 N–H and O–H groups in total. The van der Waals surface area contributed by atoms with Crippen LogP contribution in [0.3, 0.4) is 0 Å². The van der Waals surface area contributed by atoms with Gasteiger partial charge in [0, 0.05) is 24.8 Å². The molecule has 0 atom stereocenters. The predicted octanol–water partition coefficient (Wildman–Crippen LogP) is 3.70. The maximum atomic E-state index is 13.2. The third kappa shape index (κ3) is 3.82. The first-order chi connectivity index (χ1) is 9.54. The smallest absolute Gasteiger partial charge is 0.221 e. The second kappa shape index (κ2) is 6.19. The molecule has 0 unspecified atom stereocenters. The van der Waals surface area contributed by atoms with Crippen LogP contribution in [0.4, 0.5) is 15.8 Å². The fourth-order valence-electron chi connectivity index (χ4n) is 1.89. The van der Waals surface area contributed by atoms with Gasteiger partial charge in [0.2, 0.25) is 5.91 Å². The minimum absolute atomic E-state index is 0.0914. The van der Waals surface area contributed by atoms with Crippen molar-refractivity contribution in [3.63, 3.8) is 0 Å². The van der Waals surface area contributed by atoms with E-state index in [2.05, 4.69) is 10.6 Å². The molecule has 1 amide bonds. The van der Waals surface area contributed by atoms with Crippen molar-refractivity contribution in [1.29, 1.82) is 0 Å². The Morgan fingerprint density at radius 2 is 1.85 bits per heavy atom. The number of nitrogens with one attached hydrogen (secondary N) is 2. The summed E-state index contributed by atoms with van der Waals surface area (Å²) in [5.74, 6) is -0.342. The normalized spacial score (nSPS) is 10.2. The van der Waals surface area contributed by atoms with Crippen LogP contribution in [0.15, 0.2) is 42.5 Å². The number of aryl methyl sites for hydroxylation is 1. The first-order valence-electron chi connectivity index (χ1n) is 6.41. The van der Waals surface area contributed by atoms with E-state index < -0.39 is 0 Å². The molecule has 2 aromatic rings. The number of halogens is 1. The fourth-order valence-corrected chi connectivity index (χ4v) is 1.89. The van der Waals surface area contributed by atoms with Gasteiger partial charge in [0.1, 0.15) is 5.82 Å². The van der Waals surface area contributed by atoms with Crippen molar-refractivity contribution in [3.8, 4) is 0 Å². The van der Waals surface area contributed by atoms with Crippen LogP contribution in [-0.4, -0.2) is 5.91 Å². The summed E-state index contributed by atoms with van der Waals surface area (Å²) in [6.07, 6.45) is 0. The second-order valence-corrected chi connectivity index (χ2v) is 4.69. The van der Waals surface area contributed by atoms with E-state index in [9.17, 15) is 9.18 Å². The van der Waals surface area contributed by atoms with Crippen molar-refractivity contribution in [2.45, 2.75) is 20.4 Å². The molecule has 2 aromatic carbocycles. The molecule has 0 fully saturated rings. The molecule has 4 heteroatoms. The Morgan fingerprint density at radius 3 is 2.50 bits per heavy atom. The number of hydrogen-bond donors (Lipinski definition) is 2. The van der Waals surface area contributed by atoms with Crippen LogP contribution in [0.2, 0.25) is 0 Å². The summed E-state index contributed by atoms with van der Waals surface area (Å²) in [5.41, 5.74) is 3.61. The van der Waals surface area contributed by atoms with Crippen molar-refractivity contribution >= 4 is 17.3 Å². The topological polar surface area (TPSA) is 41.1 Å². The van der Waals surface area contributed by atoms with Crippen LogP contribution in [0, 0.1) is 12.7 Å². The zero-order valence-corrected chi connectivity index (χ0v) is 11.5. The molecule has 0 aliphatic rings. The van der Waals surface area contributed by atoms with Gasteiger partial charge >= 0.3 is 0 Å². The number of carbonyl (C=O) groups excluding carboxylic acids is 1. The molecule has 3 nitrogen and oxygen atoms in total. The van der Waals surface area contributed by atoms with Crippen LogP contribution >= 0.6 is 0 Å². The van der Waals surface area contributed by atoms with Crippen molar-refractivity contribution < 1.29 is 9.18 Å². The van der Waals surface area contributed by atoms with Gasteiger partial charge in [-0.2, -0.15) is 0 Å². The molecule has 0 spiro atoms. The number of rotatable bonds is 4. The standard InChI is InChI=1S/C16H17FN2O/c1-11-3-6-14(17)9-16(11)18-10-13-4-7-15(8-5-13)19-12(2)20/h3-9,18H,10H2,1-2H3,(H,19,20). The van der Waals surface area contributed by atoms with E-state index in [-0.39, 0.29) is 11.7 Å². The van der Waals surface area contributed by atoms with Crippen LogP contribution < -0.4 is 10.6 Å². The minimum atomic E-state index is -0.251.